The molecule has 2 aromatic rings. The van der Waals surface area contributed by atoms with Crippen LogP contribution in [0.1, 0.15) is 17.5 Å². The molecule has 1 aliphatic heterocycles. The molecular formula is C20H27N5O. The maximum atomic E-state index is 12.0. The fourth-order valence-corrected chi connectivity index (χ4v) is 3.08. The SMILES string of the molecule is Cc1ccc(CCC(=O)NCCN2CCN(c3ncccn3)CC2)cc1. The van der Waals surface area contributed by atoms with Crippen molar-refractivity contribution in [2.24, 2.45) is 0 Å². The first-order valence-corrected chi connectivity index (χ1v) is 9.27. The van der Waals surface area contributed by atoms with Crippen molar-refractivity contribution >= 4 is 11.9 Å². The van der Waals surface area contributed by atoms with Gasteiger partial charge in [-0.15, -0.1) is 0 Å². The smallest absolute Gasteiger partial charge is 0.225 e. The Balaban J connectivity index is 1.30. The number of carbonyl (C=O) groups excluding carboxylic acids is 1. The third kappa shape index (κ3) is 5.52. The lowest BCUT2D eigenvalue weighted by Gasteiger charge is -2.34. The second-order valence-corrected chi connectivity index (χ2v) is 6.71. The van der Waals surface area contributed by atoms with Crippen molar-refractivity contribution in [2.75, 3.05) is 44.2 Å². The molecule has 0 bridgehead atoms. The number of anilines is 1. The van der Waals surface area contributed by atoms with Crippen LogP contribution in [0.4, 0.5) is 5.95 Å². The highest BCUT2D eigenvalue weighted by molar-refractivity contribution is 5.76. The lowest BCUT2D eigenvalue weighted by molar-refractivity contribution is -0.121. The number of carbonyl (C=O) groups is 1. The molecule has 0 saturated carbocycles. The van der Waals surface area contributed by atoms with Crippen LogP contribution in [0.15, 0.2) is 42.7 Å². The summed E-state index contributed by atoms with van der Waals surface area (Å²) in [6.45, 7) is 7.45. The van der Waals surface area contributed by atoms with Crippen molar-refractivity contribution in [3.05, 3.63) is 53.9 Å². The zero-order valence-electron chi connectivity index (χ0n) is 15.4. The van der Waals surface area contributed by atoms with E-state index in [2.05, 4.69) is 56.3 Å². The molecule has 1 amide bonds. The fourth-order valence-electron chi connectivity index (χ4n) is 3.08. The summed E-state index contributed by atoms with van der Waals surface area (Å²) in [6, 6.07) is 10.2. The molecule has 0 atom stereocenters. The molecule has 1 aliphatic rings. The van der Waals surface area contributed by atoms with Gasteiger partial charge >= 0.3 is 0 Å². The topological polar surface area (TPSA) is 61.4 Å². The van der Waals surface area contributed by atoms with E-state index < -0.39 is 0 Å². The molecular weight excluding hydrogens is 326 g/mol. The zero-order valence-corrected chi connectivity index (χ0v) is 15.4. The van der Waals surface area contributed by atoms with E-state index in [1.165, 1.54) is 11.1 Å². The standard InChI is InChI=1S/C20H27N5O/c1-17-3-5-18(6-4-17)7-8-19(26)21-11-12-24-13-15-25(16-14-24)20-22-9-2-10-23-20/h2-6,9-10H,7-8,11-16H2,1H3,(H,21,26). The van der Waals surface area contributed by atoms with Crippen molar-refractivity contribution in [1.82, 2.24) is 20.2 Å². The number of aromatic nitrogens is 2. The molecule has 1 N–H and O–H groups in total. The highest BCUT2D eigenvalue weighted by Gasteiger charge is 2.18. The third-order valence-electron chi connectivity index (χ3n) is 4.72. The van der Waals surface area contributed by atoms with Crippen LogP contribution in [0.3, 0.4) is 0 Å². The van der Waals surface area contributed by atoms with E-state index in [-0.39, 0.29) is 5.91 Å². The molecule has 138 valence electrons. The van der Waals surface area contributed by atoms with Crippen LogP contribution in [-0.2, 0) is 11.2 Å². The monoisotopic (exact) mass is 353 g/mol. The second kappa shape index (κ2) is 9.29. The molecule has 1 aromatic carbocycles. The van der Waals surface area contributed by atoms with Gasteiger partial charge in [-0.25, -0.2) is 9.97 Å². The zero-order chi connectivity index (χ0) is 18.2. The van der Waals surface area contributed by atoms with Crippen LogP contribution >= 0.6 is 0 Å². The minimum absolute atomic E-state index is 0.127. The molecule has 0 spiro atoms. The van der Waals surface area contributed by atoms with Crippen molar-refractivity contribution in [3.8, 4) is 0 Å². The lowest BCUT2D eigenvalue weighted by atomic mass is 10.1. The molecule has 0 aliphatic carbocycles. The van der Waals surface area contributed by atoms with Crippen molar-refractivity contribution < 1.29 is 4.79 Å². The Morgan fingerprint density at radius 3 is 2.46 bits per heavy atom. The summed E-state index contributed by atoms with van der Waals surface area (Å²) >= 11 is 0. The molecule has 0 unspecified atom stereocenters. The summed E-state index contributed by atoms with van der Waals surface area (Å²) in [4.78, 5) is 25.2. The van der Waals surface area contributed by atoms with Gasteiger partial charge in [0.25, 0.3) is 0 Å². The Kier molecular flexibility index (Phi) is 6.55. The number of hydrogen-bond donors (Lipinski definition) is 1. The first-order chi connectivity index (χ1) is 12.7. The highest BCUT2D eigenvalue weighted by atomic mass is 16.1. The predicted molar refractivity (Wildman–Crippen MR) is 103 cm³/mol. The Hall–Kier alpha value is -2.47. The summed E-state index contributed by atoms with van der Waals surface area (Å²) in [5.41, 5.74) is 2.46. The number of rotatable bonds is 7. The van der Waals surface area contributed by atoms with Crippen LogP contribution < -0.4 is 10.2 Å². The molecule has 3 rings (SSSR count). The van der Waals surface area contributed by atoms with E-state index >= 15 is 0 Å². The minimum Gasteiger partial charge on any atom is -0.355 e. The molecule has 26 heavy (non-hydrogen) atoms. The summed E-state index contributed by atoms with van der Waals surface area (Å²) in [6.07, 6.45) is 4.89. The van der Waals surface area contributed by atoms with Gasteiger partial charge in [-0.2, -0.15) is 0 Å². The summed E-state index contributed by atoms with van der Waals surface area (Å²) in [7, 11) is 0. The molecule has 2 heterocycles. The minimum atomic E-state index is 0.127. The van der Waals surface area contributed by atoms with Gasteiger partial charge in [-0.1, -0.05) is 29.8 Å². The lowest BCUT2D eigenvalue weighted by Crippen LogP contribution is -2.49. The van der Waals surface area contributed by atoms with E-state index in [9.17, 15) is 4.79 Å². The number of hydrogen-bond acceptors (Lipinski definition) is 5. The summed E-state index contributed by atoms with van der Waals surface area (Å²) < 4.78 is 0. The summed E-state index contributed by atoms with van der Waals surface area (Å²) in [5, 5.41) is 3.04. The first-order valence-electron chi connectivity index (χ1n) is 9.27. The number of benzene rings is 1. The van der Waals surface area contributed by atoms with E-state index in [1.54, 1.807) is 12.4 Å². The molecule has 1 fully saturated rings. The van der Waals surface area contributed by atoms with Crippen molar-refractivity contribution in [2.45, 2.75) is 19.8 Å². The average Bonchev–Trinajstić information content (AvgIpc) is 2.69. The fraction of sp³-hybridized carbons (Fsp3) is 0.450. The quantitative estimate of drug-likeness (QED) is 0.820. The van der Waals surface area contributed by atoms with Gasteiger partial charge in [0.2, 0.25) is 11.9 Å². The van der Waals surface area contributed by atoms with Crippen LogP contribution in [0, 0.1) is 6.92 Å². The molecule has 0 radical (unpaired) electrons. The van der Waals surface area contributed by atoms with Crippen LogP contribution in [0.2, 0.25) is 0 Å². The molecule has 1 saturated heterocycles. The van der Waals surface area contributed by atoms with Gasteiger partial charge in [-0.3, -0.25) is 9.69 Å². The summed E-state index contributed by atoms with van der Waals surface area (Å²) in [5.74, 6) is 0.929. The Labute approximate surface area is 155 Å². The Bertz CT molecular complexity index is 681. The Morgan fingerprint density at radius 2 is 1.77 bits per heavy atom. The van der Waals surface area contributed by atoms with Crippen molar-refractivity contribution in [3.63, 3.8) is 0 Å². The number of nitrogens with one attached hydrogen (secondary N) is 1. The van der Waals surface area contributed by atoms with Gasteiger partial charge in [0.15, 0.2) is 0 Å². The van der Waals surface area contributed by atoms with Gasteiger partial charge in [0, 0.05) is 58.1 Å². The maximum Gasteiger partial charge on any atom is 0.225 e. The van der Waals surface area contributed by atoms with Gasteiger partial charge in [0.05, 0.1) is 0 Å². The van der Waals surface area contributed by atoms with E-state index in [1.807, 2.05) is 6.07 Å². The number of nitrogens with zero attached hydrogens (tertiary/aromatic N) is 4. The normalized spacial score (nSPS) is 15.0. The number of amides is 1. The van der Waals surface area contributed by atoms with Crippen molar-refractivity contribution in [1.29, 1.82) is 0 Å². The first kappa shape index (κ1) is 18.3. The van der Waals surface area contributed by atoms with Crippen LogP contribution in [0.25, 0.3) is 0 Å². The highest BCUT2D eigenvalue weighted by Crippen LogP contribution is 2.09. The number of aryl methyl sites for hydroxylation is 2. The van der Waals surface area contributed by atoms with E-state index in [0.29, 0.717) is 13.0 Å². The molecule has 1 aromatic heterocycles. The van der Waals surface area contributed by atoms with Gasteiger partial charge in [0.1, 0.15) is 0 Å². The predicted octanol–water partition coefficient (Wildman–Crippen LogP) is 1.66. The Morgan fingerprint density at radius 1 is 1.08 bits per heavy atom. The van der Waals surface area contributed by atoms with Gasteiger partial charge in [-0.05, 0) is 25.0 Å². The average molecular weight is 353 g/mol. The maximum absolute atomic E-state index is 12.0. The van der Waals surface area contributed by atoms with Crippen LogP contribution in [-0.4, -0.2) is 60.0 Å². The molecule has 6 nitrogen and oxygen atoms in total. The molecule has 6 heteroatoms. The second-order valence-electron chi connectivity index (χ2n) is 6.71. The largest absolute Gasteiger partial charge is 0.355 e. The number of piperazine rings is 1. The van der Waals surface area contributed by atoms with E-state index in [4.69, 9.17) is 0 Å². The van der Waals surface area contributed by atoms with Crippen LogP contribution in [0.5, 0.6) is 0 Å². The third-order valence-corrected chi connectivity index (χ3v) is 4.72. The van der Waals surface area contributed by atoms with E-state index in [0.717, 1.165) is 45.1 Å². The van der Waals surface area contributed by atoms with Gasteiger partial charge < -0.3 is 10.2 Å².